The number of aliphatic hydroxyl groups is 1. The zero-order chi connectivity index (χ0) is 11.1. The molecule has 0 bridgehead atoms. The van der Waals surface area contributed by atoms with E-state index in [1.165, 1.54) is 24.1 Å². The van der Waals surface area contributed by atoms with Gasteiger partial charge in [0, 0.05) is 17.3 Å². The summed E-state index contributed by atoms with van der Waals surface area (Å²) in [5, 5.41) is 12.5. The molecule has 1 heterocycles. The Morgan fingerprint density at radius 2 is 2.19 bits per heavy atom. The van der Waals surface area contributed by atoms with E-state index in [0.29, 0.717) is 12.5 Å². The Balaban J connectivity index is 1.71. The van der Waals surface area contributed by atoms with E-state index in [1.54, 1.807) is 11.3 Å². The van der Waals surface area contributed by atoms with Crippen LogP contribution in [0.2, 0.25) is 0 Å². The average molecular weight is 237 g/mol. The van der Waals surface area contributed by atoms with Crippen LogP contribution in [-0.2, 0) is 0 Å². The molecule has 1 aromatic heterocycles. The van der Waals surface area contributed by atoms with Crippen molar-refractivity contribution in [3.63, 3.8) is 0 Å². The van der Waals surface area contributed by atoms with Crippen LogP contribution < -0.4 is 5.73 Å². The first-order valence-electron chi connectivity index (χ1n) is 6.24. The highest BCUT2D eigenvalue weighted by atomic mass is 32.1. The Hall–Kier alpha value is -0.380. The van der Waals surface area contributed by atoms with Gasteiger partial charge in [0.15, 0.2) is 0 Å². The third-order valence-corrected chi connectivity index (χ3v) is 5.45. The van der Waals surface area contributed by atoms with Crippen molar-refractivity contribution in [3.05, 3.63) is 22.4 Å². The summed E-state index contributed by atoms with van der Waals surface area (Å²) in [6.45, 7) is 0.567. The van der Waals surface area contributed by atoms with Crippen molar-refractivity contribution in [2.24, 2.45) is 23.5 Å². The van der Waals surface area contributed by atoms with Gasteiger partial charge in [-0.1, -0.05) is 12.5 Å². The van der Waals surface area contributed by atoms with Crippen LogP contribution in [0.3, 0.4) is 0 Å². The van der Waals surface area contributed by atoms with Gasteiger partial charge in [0.2, 0.25) is 0 Å². The van der Waals surface area contributed by atoms with Gasteiger partial charge < -0.3 is 10.8 Å². The molecule has 2 fully saturated rings. The van der Waals surface area contributed by atoms with Gasteiger partial charge >= 0.3 is 0 Å². The number of hydrogen-bond donors (Lipinski definition) is 2. The maximum Gasteiger partial charge on any atom is 0.0662 e. The molecule has 16 heavy (non-hydrogen) atoms. The molecule has 0 saturated heterocycles. The van der Waals surface area contributed by atoms with Gasteiger partial charge in [-0.3, -0.25) is 0 Å². The minimum atomic E-state index is -0.209. The number of rotatable bonds is 4. The zero-order valence-electron chi connectivity index (χ0n) is 9.38. The number of thiophene rings is 1. The van der Waals surface area contributed by atoms with Crippen molar-refractivity contribution in [2.75, 3.05) is 6.54 Å². The molecule has 0 aliphatic heterocycles. The van der Waals surface area contributed by atoms with Gasteiger partial charge in [-0.15, -0.1) is 11.3 Å². The van der Waals surface area contributed by atoms with Gasteiger partial charge in [0.05, 0.1) is 6.10 Å². The quantitative estimate of drug-likeness (QED) is 0.843. The summed E-state index contributed by atoms with van der Waals surface area (Å²) in [6.07, 6.45) is 3.81. The lowest BCUT2D eigenvalue weighted by Gasteiger charge is -2.21. The largest absolute Gasteiger partial charge is 0.392 e. The van der Waals surface area contributed by atoms with E-state index in [4.69, 9.17) is 5.73 Å². The molecule has 0 amide bonds. The number of hydrogen-bond acceptors (Lipinski definition) is 3. The molecule has 0 radical (unpaired) electrons. The average Bonchev–Trinajstić information content (AvgIpc) is 2.77. The van der Waals surface area contributed by atoms with Crippen LogP contribution in [0.5, 0.6) is 0 Å². The van der Waals surface area contributed by atoms with Crippen LogP contribution in [0.25, 0.3) is 0 Å². The maximum absolute atomic E-state index is 10.5. The Kier molecular flexibility index (Phi) is 2.78. The van der Waals surface area contributed by atoms with E-state index in [1.807, 2.05) is 6.07 Å². The molecule has 3 rings (SSSR count). The van der Waals surface area contributed by atoms with Crippen molar-refractivity contribution < 1.29 is 5.11 Å². The fraction of sp³-hybridized carbons (Fsp3) is 0.692. The normalized spacial score (nSPS) is 35.8. The van der Waals surface area contributed by atoms with Crippen molar-refractivity contribution in [1.82, 2.24) is 0 Å². The van der Waals surface area contributed by atoms with Crippen molar-refractivity contribution in [1.29, 1.82) is 0 Å². The topological polar surface area (TPSA) is 46.2 Å². The molecule has 2 aliphatic rings. The Labute approximate surface area is 100 Å². The third-order valence-electron chi connectivity index (χ3n) is 4.44. The predicted molar refractivity (Wildman–Crippen MR) is 66.4 cm³/mol. The molecule has 4 atom stereocenters. The monoisotopic (exact) mass is 237 g/mol. The predicted octanol–water partition coefficient (Wildman–Crippen LogP) is 2.20. The molecule has 3 heteroatoms. The number of fused-ring (bicyclic) bond motifs is 1. The van der Waals surface area contributed by atoms with Gasteiger partial charge in [-0.05, 0) is 42.0 Å². The van der Waals surface area contributed by atoms with Crippen LogP contribution in [0.1, 0.15) is 30.1 Å². The molecule has 3 N–H and O–H groups in total. The molecule has 4 unspecified atom stereocenters. The summed E-state index contributed by atoms with van der Waals surface area (Å²) >= 11 is 1.72. The molecule has 2 saturated carbocycles. The summed E-state index contributed by atoms with van der Waals surface area (Å²) in [7, 11) is 0. The standard InChI is InChI=1S/C13H19NOS/c14-7-10(11-5-2-6-16-11)13(15)12-8-3-1-4-9(8)12/h2,5-6,8-10,12-13,15H,1,3-4,7,14H2. The maximum atomic E-state index is 10.5. The van der Waals surface area contributed by atoms with Crippen LogP contribution in [-0.4, -0.2) is 17.8 Å². The molecule has 0 aromatic carbocycles. The summed E-state index contributed by atoms with van der Waals surface area (Å²) in [6, 6.07) is 4.15. The molecule has 1 aromatic rings. The second kappa shape index (κ2) is 4.13. The third kappa shape index (κ3) is 1.62. The SMILES string of the molecule is NCC(c1cccs1)C(O)C1C2CCCC21. The molecular weight excluding hydrogens is 218 g/mol. The lowest BCUT2D eigenvalue weighted by atomic mass is 9.93. The molecular formula is C13H19NOS. The lowest BCUT2D eigenvalue weighted by molar-refractivity contribution is 0.109. The van der Waals surface area contributed by atoms with E-state index in [9.17, 15) is 5.11 Å². The van der Waals surface area contributed by atoms with E-state index in [0.717, 1.165) is 11.8 Å². The molecule has 88 valence electrons. The second-order valence-electron chi connectivity index (χ2n) is 5.18. The lowest BCUT2D eigenvalue weighted by Crippen LogP contribution is -2.28. The molecule has 2 aliphatic carbocycles. The van der Waals surface area contributed by atoms with Gasteiger partial charge in [-0.25, -0.2) is 0 Å². The number of aliphatic hydroxyl groups excluding tert-OH is 1. The number of nitrogens with two attached hydrogens (primary N) is 1. The molecule has 2 nitrogen and oxygen atoms in total. The van der Waals surface area contributed by atoms with Gasteiger partial charge in [0.25, 0.3) is 0 Å². The Morgan fingerprint density at radius 1 is 1.44 bits per heavy atom. The highest BCUT2D eigenvalue weighted by molar-refractivity contribution is 7.10. The zero-order valence-corrected chi connectivity index (χ0v) is 10.2. The van der Waals surface area contributed by atoms with E-state index in [-0.39, 0.29) is 12.0 Å². The van der Waals surface area contributed by atoms with Crippen LogP contribution in [0.4, 0.5) is 0 Å². The van der Waals surface area contributed by atoms with Crippen LogP contribution >= 0.6 is 11.3 Å². The minimum Gasteiger partial charge on any atom is -0.392 e. The fourth-order valence-electron chi connectivity index (χ4n) is 3.58. The van der Waals surface area contributed by atoms with Gasteiger partial charge in [-0.2, -0.15) is 0 Å². The summed E-state index contributed by atoms with van der Waals surface area (Å²) in [5.41, 5.74) is 5.83. The Morgan fingerprint density at radius 3 is 2.75 bits per heavy atom. The first-order valence-corrected chi connectivity index (χ1v) is 7.12. The fourth-order valence-corrected chi connectivity index (χ4v) is 4.46. The van der Waals surface area contributed by atoms with Crippen molar-refractivity contribution >= 4 is 11.3 Å². The summed E-state index contributed by atoms with van der Waals surface area (Å²) < 4.78 is 0. The van der Waals surface area contributed by atoms with Crippen LogP contribution in [0, 0.1) is 17.8 Å². The van der Waals surface area contributed by atoms with Gasteiger partial charge in [0.1, 0.15) is 0 Å². The smallest absolute Gasteiger partial charge is 0.0662 e. The van der Waals surface area contributed by atoms with Crippen LogP contribution in [0.15, 0.2) is 17.5 Å². The first kappa shape index (κ1) is 10.8. The van der Waals surface area contributed by atoms with Crippen molar-refractivity contribution in [3.8, 4) is 0 Å². The van der Waals surface area contributed by atoms with E-state index < -0.39 is 0 Å². The summed E-state index contributed by atoms with van der Waals surface area (Å²) in [4.78, 5) is 1.25. The first-order chi connectivity index (χ1) is 7.83. The second-order valence-corrected chi connectivity index (χ2v) is 6.16. The van der Waals surface area contributed by atoms with Crippen molar-refractivity contribution in [2.45, 2.75) is 31.3 Å². The minimum absolute atomic E-state index is 0.163. The Bertz CT molecular complexity index is 341. The summed E-state index contributed by atoms with van der Waals surface area (Å²) in [5.74, 6) is 2.33. The van der Waals surface area contributed by atoms with E-state index in [2.05, 4.69) is 11.4 Å². The highest BCUT2D eigenvalue weighted by Gasteiger charge is 2.56. The van der Waals surface area contributed by atoms with E-state index >= 15 is 0 Å². The highest BCUT2D eigenvalue weighted by Crippen LogP contribution is 2.60. The molecule has 0 spiro atoms.